The number of rotatable bonds is 4. The van der Waals surface area contributed by atoms with E-state index in [9.17, 15) is 21.6 Å². The fourth-order valence-corrected chi connectivity index (χ4v) is 3.27. The monoisotopic (exact) mass is 288 g/mol. The Balaban J connectivity index is 2.48. The Morgan fingerprint density at radius 1 is 1.44 bits per heavy atom. The normalized spacial score (nSPS) is 25.1. The van der Waals surface area contributed by atoms with Crippen molar-refractivity contribution in [2.75, 3.05) is 19.3 Å². The molecule has 8 heteroatoms. The summed E-state index contributed by atoms with van der Waals surface area (Å²) in [5, 5.41) is 0. The number of hydrogen-bond donors (Lipinski definition) is 1. The van der Waals surface area contributed by atoms with Crippen LogP contribution in [-0.4, -0.2) is 44.3 Å². The first-order chi connectivity index (χ1) is 8.08. The third-order valence-electron chi connectivity index (χ3n) is 3.08. The Bertz CT molecular complexity index is 370. The molecule has 1 heterocycles. The van der Waals surface area contributed by atoms with Crippen LogP contribution in [0.2, 0.25) is 0 Å². The highest BCUT2D eigenvalue weighted by molar-refractivity contribution is 7.88. The van der Waals surface area contributed by atoms with Crippen LogP contribution in [-0.2, 0) is 10.0 Å². The molecule has 1 fully saturated rings. The van der Waals surface area contributed by atoms with Crippen LogP contribution >= 0.6 is 0 Å². The van der Waals surface area contributed by atoms with Crippen LogP contribution in [0.5, 0.6) is 0 Å². The molecule has 2 unspecified atom stereocenters. The molecule has 0 bridgehead atoms. The van der Waals surface area contributed by atoms with Gasteiger partial charge in [0.2, 0.25) is 10.0 Å². The zero-order valence-electron chi connectivity index (χ0n) is 10.3. The smallest absolute Gasteiger partial charge is 0.327 e. The average Bonchev–Trinajstić information content (AvgIpc) is 2.13. The second-order valence-corrected chi connectivity index (χ2v) is 6.93. The van der Waals surface area contributed by atoms with E-state index in [0.717, 1.165) is 12.7 Å². The molecule has 0 spiro atoms. The summed E-state index contributed by atoms with van der Waals surface area (Å²) < 4.78 is 60.5. The fourth-order valence-electron chi connectivity index (χ4n) is 2.33. The number of alkyl halides is 3. The zero-order chi connectivity index (χ0) is 14.0. The molecule has 2 atom stereocenters. The van der Waals surface area contributed by atoms with Crippen molar-refractivity contribution in [3.63, 3.8) is 0 Å². The summed E-state index contributed by atoms with van der Waals surface area (Å²) in [6.07, 6.45) is -2.53. The number of sulfonamides is 1. The van der Waals surface area contributed by atoms with Crippen molar-refractivity contribution in [2.45, 2.75) is 37.9 Å². The van der Waals surface area contributed by atoms with E-state index < -0.39 is 28.7 Å². The van der Waals surface area contributed by atoms with Crippen molar-refractivity contribution in [1.82, 2.24) is 4.31 Å². The van der Waals surface area contributed by atoms with Gasteiger partial charge in [-0.15, -0.1) is 0 Å². The standard InChI is InChI=1S/C10H19F3N2O2S/c1-18(16,17)15-4-2-3-8(7-15)5-9(14)6-10(11,12)13/h8-9H,2-7,14H2,1H3. The van der Waals surface area contributed by atoms with Gasteiger partial charge >= 0.3 is 6.18 Å². The van der Waals surface area contributed by atoms with Gasteiger partial charge in [0.05, 0.1) is 12.7 Å². The molecule has 0 amide bonds. The summed E-state index contributed by atoms with van der Waals surface area (Å²) >= 11 is 0. The molecule has 0 radical (unpaired) electrons. The van der Waals surface area contributed by atoms with E-state index in [-0.39, 0.29) is 18.9 Å². The quantitative estimate of drug-likeness (QED) is 0.849. The van der Waals surface area contributed by atoms with Crippen LogP contribution in [0.15, 0.2) is 0 Å². The van der Waals surface area contributed by atoms with Gasteiger partial charge in [0, 0.05) is 19.1 Å². The summed E-state index contributed by atoms with van der Waals surface area (Å²) in [5.41, 5.74) is 5.46. The third-order valence-corrected chi connectivity index (χ3v) is 4.35. The average molecular weight is 288 g/mol. The minimum Gasteiger partial charge on any atom is -0.327 e. The molecule has 0 saturated carbocycles. The van der Waals surface area contributed by atoms with E-state index in [1.807, 2.05) is 0 Å². The minimum atomic E-state index is -4.26. The summed E-state index contributed by atoms with van der Waals surface area (Å²) in [6, 6.07) is -0.950. The topological polar surface area (TPSA) is 63.4 Å². The third kappa shape index (κ3) is 5.53. The molecular formula is C10H19F3N2O2S. The van der Waals surface area contributed by atoms with Gasteiger partial charge in [-0.25, -0.2) is 12.7 Å². The van der Waals surface area contributed by atoms with Crippen molar-refractivity contribution in [3.05, 3.63) is 0 Å². The number of piperidine rings is 1. The van der Waals surface area contributed by atoms with Gasteiger partial charge in [-0.1, -0.05) is 0 Å². The molecule has 1 saturated heterocycles. The first-order valence-corrected chi connectivity index (χ1v) is 7.70. The van der Waals surface area contributed by atoms with Gasteiger partial charge in [0.15, 0.2) is 0 Å². The maximum atomic E-state index is 12.1. The van der Waals surface area contributed by atoms with Crippen LogP contribution in [0.4, 0.5) is 13.2 Å². The SMILES string of the molecule is CS(=O)(=O)N1CCCC(CC(N)CC(F)(F)F)C1. The number of hydrogen-bond acceptors (Lipinski definition) is 3. The highest BCUT2D eigenvalue weighted by Crippen LogP contribution is 2.27. The molecule has 4 nitrogen and oxygen atoms in total. The molecule has 1 aliphatic heterocycles. The molecule has 0 aromatic rings. The lowest BCUT2D eigenvalue weighted by Gasteiger charge is -2.32. The van der Waals surface area contributed by atoms with Gasteiger partial charge in [-0.05, 0) is 25.2 Å². The Hall–Kier alpha value is -0.340. The lowest BCUT2D eigenvalue weighted by atomic mass is 9.91. The molecule has 18 heavy (non-hydrogen) atoms. The van der Waals surface area contributed by atoms with E-state index in [0.29, 0.717) is 13.0 Å². The van der Waals surface area contributed by atoms with Crippen LogP contribution in [0, 0.1) is 5.92 Å². The maximum absolute atomic E-state index is 12.1. The van der Waals surface area contributed by atoms with E-state index >= 15 is 0 Å². The van der Waals surface area contributed by atoms with Crippen LogP contribution in [0.3, 0.4) is 0 Å². The van der Waals surface area contributed by atoms with Gasteiger partial charge < -0.3 is 5.73 Å². The molecule has 0 aliphatic carbocycles. The zero-order valence-corrected chi connectivity index (χ0v) is 11.1. The van der Waals surface area contributed by atoms with Crippen LogP contribution in [0.25, 0.3) is 0 Å². The summed E-state index contributed by atoms with van der Waals surface area (Å²) in [4.78, 5) is 0. The molecule has 0 aromatic carbocycles. The first kappa shape index (κ1) is 15.7. The highest BCUT2D eigenvalue weighted by Gasteiger charge is 2.33. The highest BCUT2D eigenvalue weighted by atomic mass is 32.2. The van der Waals surface area contributed by atoms with Crippen molar-refractivity contribution < 1.29 is 21.6 Å². The van der Waals surface area contributed by atoms with Crippen molar-refractivity contribution in [2.24, 2.45) is 11.7 Å². The van der Waals surface area contributed by atoms with Crippen molar-refractivity contribution in [3.8, 4) is 0 Å². The molecule has 2 N–H and O–H groups in total. The Kier molecular flexibility index (Phi) is 5.02. The Labute approximate surface area is 105 Å². The van der Waals surface area contributed by atoms with Gasteiger partial charge in [0.1, 0.15) is 0 Å². The predicted molar refractivity (Wildman–Crippen MR) is 62.4 cm³/mol. The molecule has 108 valence electrons. The molecule has 1 rings (SSSR count). The van der Waals surface area contributed by atoms with Gasteiger partial charge in [-0.3, -0.25) is 0 Å². The second-order valence-electron chi connectivity index (χ2n) is 4.94. The predicted octanol–water partition coefficient (Wildman–Crippen LogP) is 1.33. The van der Waals surface area contributed by atoms with E-state index in [1.165, 1.54) is 4.31 Å². The van der Waals surface area contributed by atoms with E-state index in [1.54, 1.807) is 0 Å². The summed E-state index contributed by atoms with van der Waals surface area (Å²) in [7, 11) is -3.26. The second kappa shape index (κ2) is 5.75. The van der Waals surface area contributed by atoms with Crippen molar-refractivity contribution >= 4 is 10.0 Å². The Morgan fingerprint density at radius 3 is 2.56 bits per heavy atom. The number of nitrogens with zero attached hydrogens (tertiary/aromatic N) is 1. The Morgan fingerprint density at radius 2 is 2.06 bits per heavy atom. The van der Waals surface area contributed by atoms with Gasteiger partial charge in [-0.2, -0.15) is 13.2 Å². The summed E-state index contributed by atoms with van der Waals surface area (Å²) in [6.45, 7) is 0.730. The number of halogens is 3. The first-order valence-electron chi connectivity index (χ1n) is 5.85. The maximum Gasteiger partial charge on any atom is 0.390 e. The van der Waals surface area contributed by atoms with Crippen LogP contribution < -0.4 is 5.73 Å². The van der Waals surface area contributed by atoms with E-state index in [2.05, 4.69) is 0 Å². The minimum absolute atomic E-state index is 0.0779. The largest absolute Gasteiger partial charge is 0.390 e. The lowest BCUT2D eigenvalue weighted by molar-refractivity contribution is -0.139. The summed E-state index contributed by atoms with van der Waals surface area (Å²) in [5.74, 6) is -0.0779. The fraction of sp³-hybridized carbons (Fsp3) is 1.00. The molecule has 0 aromatic heterocycles. The van der Waals surface area contributed by atoms with Crippen LogP contribution in [0.1, 0.15) is 25.7 Å². The number of nitrogens with two attached hydrogens (primary N) is 1. The lowest BCUT2D eigenvalue weighted by Crippen LogP contribution is -2.41. The van der Waals surface area contributed by atoms with Crippen molar-refractivity contribution in [1.29, 1.82) is 0 Å². The van der Waals surface area contributed by atoms with Gasteiger partial charge in [0.25, 0.3) is 0 Å². The molecule has 1 aliphatic rings. The van der Waals surface area contributed by atoms with E-state index in [4.69, 9.17) is 5.73 Å². The molecular weight excluding hydrogens is 269 g/mol.